The van der Waals surface area contributed by atoms with Crippen LogP contribution < -0.4 is 10.2 Å². The Labute approximate surface area is 146 Å². The highest BCUT2D eigenvalue weighted by Crippen LogP contribution is 2.21. The van der Waals surface area contributed by atoms with Gasteiger partial charge in [0.1, 0.15) is 12.1 Å². The molecule has 0 radical (unpaired) electrons. The standard InChI is InChI=1S/C16H23N7O2/c24-14-5-2-8-22(11-14)16-13(4-1-7-17-16)10-18-15(25)6-3-9-23-12-19-20-21-23/h1,4,7,12,14,24H,2-3,5-6,8-11H2,(H,18,25)/t14-/m0/s1. The van der Waals surface area contributed by atoms with E-state index in [2.05, 4.69) is 30.7 Å². The van der Waals surface area contributed by atoms with Crippen LogP contribution in [0.3, 0.4) is 0 Å². The van der Waals surface area contributed by atoms with Crippen LogP contribution in [0.4, 0.5) is 5.82 Å². The minimum absolute atomic E-state index is 0.0124. The largest absolute Gasteiger partial charge is 0.391 e. The predicted octanol–water partition coefficient (Wildman–Crippen LogP) is 0.126. The number of rotatable bonds is 7. The van der Waals surface area contributed by atoms with Crippen LogP contribution in [-0.4, -0.2) is 55.4 Å². The van der Waals surface area contributed by atoms with E-state index in [1.165, 1.54) is 6.33 Å². The summed E-state index contributed by atoms with van der Waals surface area (Å²) in [4.78, 5) is 18.6. The summed E-state index contributed by atoms with van der Waals surface area (Å²) in [5.41, 5.74) is 0.963. The molecular weight excluding hydrogens is 322 g/mol. The van der Waals surface area contributed by atoms with Crippen molar-refractivity contribution in [2.45, 2.75) is 44.9 Å². The van der Waals surface area contributed by atoms with Crippen LogP contribution in [0.15, 0.2) is 24.7 Å². The number of aromatic nitrogens is 5. The molecule has 3 rings (SSSR count). The molecule has 2 N–H and O–H groups in total. The summed E-state index contributed by atoms with van der Waals surface area (Å²) in [7, 11) is 0. The van der Waals surface area contributed by atoms with Gasteiger partial charge in [-0.2, -0.15) is 0 Å². The number of aliphatic hydroxyl groups excluding tert-OH is 1. The third-order valence-corrected chi connectivity index (χ3v) is 4.22. The van der Waals surface area contributed by atoms with Crippen LogP contribution in [0.1, 0.15) is 31.2 Å². The molecule has 1 amide bonds. The lowest BCUT2D eigenvalue weighted by Crippen LogP contribution is -2.39. The molecule has 0 spiro atoms. The first-order valence-corrected chi connectivity index (χ1v) is 8.57. The number of aliphatic hydroxyl groups is 1. The van der Waals surface area contributed by atoms with Crippen LogP contribution in [0.5, 0.6) is 0 Å². The van der Waals surface area contributed by atoms with E-state index in [0.717, 1.165) is 30.8 Å². The van der Waals surface area contributed by atoms with Crippen molar-refractivity contribution in [3.05, 3.63) is 30.2 Å². The van der Waals surface area contributed by atoms with E-state index in [1.807, 2.05) is 12.1 Å². The van der Waals surface area contributed by atoms with E-state index in [4.69, 9.17) is 0 Å². The molecule has 134 valence electrons. The molecule has 9 nitrogen and oxygen atoms in total. The molecule has 2 aromatic rings. The van der Waals surface area contributed by atoms with Gasteiger partial charge in [-0.25, -0.2) is 9.67 Å². The topological polar surface area (TPSA) is 109 Å². The molecule has 25 heavy (non-hydrogen) atoms. The molecule has 1 fully saturated rings. The summed E-state index contributed by atoms with van der Waals surface area (Å²) in [6.45, 7) is 2.51. The summed E-state index contributed by atoms with van der Waals surface area (Å²) in [6.07, 6.45) is 5.83. The lowest BCUT2D eigenvalue weighted by molar-refractivity contribution is -0.121. The molecule has 2 aromatic heterocycles. The third kappa shape index (κ3) is 4.96. The molecule has 1 aliphatic heterocycles. The monoisotopic (exact) mass is 345 g/mol. The zero-order chi connectivity index (χ0) is 17.5. The number of carbonyl (C=O) groups is 1. The van der Waals surface area contributed by atoms with Crippen LogP contribution in [0, 0.1) is 0 Å². The van der Waals surface area contributed by atoms with E-state index in [1.54, 1.807) is 10.9 Å². The fourth-order valence-electron chi connectivity index (χ4n) is 2.97. The fraction of sp³-hybridized carbons (Fsp3) is 0.562. The Morgan fingerprint density at radius 2 is 2.36 bits per heavy atom. The van der Waals surface area contributed by atoms with Gasteiger partial charge in [0.05, 0.1) is 6.10 Å². The number of aryl methyl sites for hydroxylation is 1. The summed E-state index contributed by atoms with van der Waals surface area (Å²) < 4.78 is 1.61. The Balaban J connectivity index is 1.49. The van der Waals surface area contributed by atoms with Crippen LogP contribution in [0.2, 0.25) is 0 Å². The van der Waals surface area contributed by atoms with Crippen molar-refractivity contribution in [2.75, 3.05) is 18.0 Å². The molecule has 0 aromatic carbocycles. The van der Waals surface area contributed by atoms with E-state index in [-0.39, 0.29) is 12.0 Å². The van der Waals surface area contributed by atoms with Crippen molar-refractivity contribution in [1.82, 2.24) is 30.5 Å². The van der Waals surface area contributed by atoms with E-state index >= 15 is 0 Å². The third-order valence-electron chi connectivity index (χ3n) is 4.22. The van der Waals surface area contributed by atoms with Crippen molar-refractivity contribution in [2.24, 2.45) is 0 Å². The first-order chi connectivity index (χ1) is 12.2. The predicted molar refractivity (Wildman–Crippen MR) is 90.6 cm³/mol. The number of hydrogen-bond donors (Lipinski definition) is 2. The Kier molecular flexibility index (Phi) is 5.89. The Hall–Kier alpha value is -2.55. The summed E-state index contributed by atoms with van der Waals surface area (Å²) in [5, 5.41) is 23.7. The van der Waals surface area contributed by atoms with Crippen molar-refractivity contribution >= 4 is 11.7 Å². The lowest BCUT2D eigenvalue weighted by Gasteiger charge is -2.32. The van der Waals surface area contributed by atoms with E-state index in [9.17, 15) is 9.90 Å². The zero-order valence-electron chi connectivity index (χ0n) is 14.1. The molecule has 3 heterocycles. The molecule has 0 saturated carbocycles. The van der Waals surface area contributed by atoms with Crippen LogP contribution in [-0.2, 0) is 17.9 Å². The van der Waals surface area contributed by atoms with E-state index < -0.39 is 0 Å². The Morgan fingerprint density at radius 3 is 3.16 bits per heavy atom. The molecule has 0 aliphatic carbocycles. The SMILES string of the molecule is O=C(CCCn1cnnn1)NCc1cccnc1N1CCC[C@H](O)C1. The fourth-order valence-corrected chi connectivity index (χ4v) is 2.97. The molecule has 1 saturated heterocycles. The van der Waals surface area contributed by atoms with Gasteiger partial charge in [-0.05, 0) is 35.8 Å². The first kappa shape index (κ1) is 17.3. The van der Waals surface area contributed by atoms with Gasteiger partial charge >= 0.3 is 0 Å². The zero-order valence-corrected chi connectivity index (χ0v) is 14.1. The average Bonchev–Trinajstić information content (AvgIpc) is 3.14. The second kappa shape index (κ2) is 8.52. The molecule has 1 aliphatic rings. The average molecular weight is 345 g/mol. The van der Waals surface area contributed by atoms with Gasteiger partial charge in [0.2, 0.25) is 5.91 Å². The number of nitrogens with one attached hydrogen (secondary N) is 1. The summed E-state index contributed by atoms with van der Waals surface area (Å²) in [5.74, 6) is 0.830. The summed E-state index contributed by atoms with van der Waals surface area (Å²) >= 11 is 0. The lowest BCUT2D eigenvalue weighted by atomic mass is 10.1. The van der Waals surface area contributed by atoms with Gasteiger partial charge < -0.3 is 15.3 Å². The van der Waals surface area contributed by atoms with Crippen LogP contribution in [0.25, 0.3) is 0 Å². The van der Waals surface area contributed by atoms with Crippen molar-refractivity contribution in [1.29, 1.82) is 0 Å². The van der Waals surface area contributed by atoms with Gasteiger partial charge in [-0.3, -0.25) is 4.79 Å². The first-order valence-electron chi connectivity index (χ1n) is 8.57. The Bertz CT molecular complexity index is 677. The summed E-state index contributed by atoms with van der Waals surface area (Å²) in [6, 6.07) is 3.83. The number of amides is 1. The van der Waals surface area contributed by atoms with Crippen molar-refractivity contribution < 1.29 is 9.90 Å². The van der Waals surface area contributed by atoms with Gasteiger partial charge in [0, 0.05) is 44.4 Å². The maximum absolute atomic E-state index is 12.0. The van der Waals surface area contributed by atoms with Gasteiger partial charge in [0.25, 0.3) is 0 Å². The number of carbonyl (C=O) groups excluding carboxylic acids is 1. The van der Waals surface area contributed by atoms with E-state index in [0.29, 0.717) is 32.5 Å². The highest BCUT2D eigenvalue weighted by atomic mass is 16.3. The highest BCUT2D eigenvalue weighted by molar-refractivity contribution is 5.76. The maximum Gasteiger partial charge on any atom is 0.220 e. The quantitative estimate of drug-likeness (QED) is 0.734. The van der Waals surface area contributed by atoms with Crippen molar-refractivity contribution in [3.63, 3.8) is 0 Å². The number of piperidine rings is 1. The maximum atomic E-state index is 12.0. The number of tetrazole rings is 1. The molecule has 0 bridgehead atoms. The second-order valence-electron chi connectivity index (χ2n) is 6.18. The minimum Gasteiger partial charge on any atom is -0.391 e. The van der Waals surface area contributed by atoms with Gasteiger partial charge in [0.15, 0.2) is 0 Å². The smallest absolute Gasteiger partial charge is 0.220 e. The number of anilines is 1. The molecule has 1 atom stereocenters. The molecular formula is C16H23N7O2. The van der Waals surface area contributed by atoms with Crippen LogP contribution >= 0.6 is 0 Å². The normalized spacial score (nSPS) is 17.5. The number of hydrogen-bond acceptors (Lipinski definition) is 7. The number of β-amino-alcohol motifs (C(OH)–C–C–N with tert-alkyl or cyclic N) is 1. The second-order valence-corrected chi connectivity index (χ2v) is 6.18. The molecule has 9 heteroatoms. The Morgan fingerprint density at radius 1 is 1.44 bits per heavy atom. The number of nitrogens with zero attached hydrogens (tertiary/aromatic N) is 6. The van der Waals surface area contributed by atoms with Crippen molar-refractivity contribution in [3.8, 4) is 0 Å². The highest BCUT2D eigenvalue weighted by Gasteiger charge is 2.20. The number of pyridine rings is 1. The van der Waals surface area contributed by atoms with Gasteiger partial charge in [-0.15, -0.1) is 5.10 Å². The molecule has 0 unspecified atom stereocenters. The minimum atomic E-state index is -0.315. The van der Waals surface area contributed by atoms with Gasteiger partial charge in [-0.1, -0.05) is 6.07 Å².